The number of anilines is 2. The molecule has 0 spiro atoms. The summed E-state index contributed by atoms with van der Waals surface area (Å²) in [4.78, 5) is 68.6. The highest BCUT2D eigenvalue weighted by molar-refractivity contribution is 6.01. The highest BCUT2D eigenvalue weighted by Crippen LogP contribution is 2.21. The third-order valence-electron chi connectivity index (χ3n) is 7.29. The van der Waals surface area contributed by atoms with Crippen LogP contribution in [-0.4, -0.2) is 139 Å². The van der Waals surface area contributed by atoms with Gasteiger partial charge >= 0.3 is 18.1 Å². The zero-order valence-corrected chi connectivity index (χ0v) is 27.5. The molecule has 16 nitrogen and oxygen atoms in total. The molecular formula is C31H43F3N4O12. The minimum Gasteiger partial charge on any atom is -0.379 e. The van der Waals surface area contributed by atoms with Crippen LogP contribution < -0.4 is 15.5 Å². The molecule has 0 bridgehead atoms. The lowest BCUT2D eigenvalue weighted by atomic mass is 10.1. The number of halogens is 3. The Morgan fingerprint density at radius 3 is 1.78 bits per heavy atom. The van der Waals surface area contributed by atoms with Gasteiger partial charge in [-0.15, -0.1) is 0 Å². The molecule has 280 valence electrons. The molecule has 1 atom stereocenters. The number of alkyl halides is 3. The first-order chi connectivity index (χ1) is 24.0. The van der Waals surface area contributed by atoms with Gasteiger partial charge in [0, 0.05) is 44.0 Å². The number of piperidine rings is 1. The average Bonchev–Trinajstić information content (AvgIpc) is 3.09. The van der Waals surface area contributed by atoms with Crippen LogP contribution in [-0.2, 0) is 57.4 Å². The molecule has 2 saturated heterocycles. The smallest absolute Gasteiger partial charge is 0.379 e. The average molecular weight is 721 g/mol. The predicted octanol–water partition coefficient (Wildman–Crippen LogP) is 0.979. The highest BCUT2D eigenvalue weighted by Gasteiger charge is 2.43. The lowest BCUT2D eigenvalue weighted by molar-refractivity contribution is -0.286. The molecular weight excluding hydrogens is 677 g/mol. The number of rotatable bonds is 21. The second kappa shape index (κ2) is 21.9. The summed E-state index contributed by atoms with van der Waals surface area (Å²) in [6.45, 7) is 5.03. The first-order valence-corrected chi connectivity index (χ1v) is 16.1. The van der Waals surface area contributed by atoms with Gasteiger partial charge < -0.3 is 38.8 Å². The lowest BCUT2D eigenvalue weighted by Gasteiger charge is -2.36. The van der Waals surface area contributed by atoms with Crippen molar-refractivity contribution < 1.29 is 70.6 Å². The van der Waals surface area contributed by atoms with Crippen molar-refractivity contribution in [2.75, 3.05) is 102 Å². The van der Waals surface area contributed by atoms with Crippen molar-refractivity contribution in [3.63, 3.8) is 0 Å². The van der Waals surface area contributed by atoms with Gasteiger partial charge in [-0.1, -0.05) is 0 Å². The van der Waals surface area contributed by atoms with Crippen molar-refractivity contribution in [3.8, 4) is 0 Å². The van der Waals surface area contributed by atoms with E-state index >= 15 is 0 Å². The van der Waals surface area contributed by atoms with Crippen LogP contribution in [0.5, 0.6) is 0 Å². The second-order valence-corrected chi connectivity index (χ2v) is 10.9. The molecule has 50 heavy (non-hydrogen) atoms. The van der Waals surface area contributed by atoms with E-state index in [9.17, 15) is 37.1 Å². The van der Waals surface area contributed by atoms with Crippen LogP contribution in [0.2, 0.25) is 0 Å². The Morgan fingerprint density at radius 2 is 1.26 bits per heavy atom. The molecule has 1 aromatic rings. The summed E-state index contributed by atoms with van der Waals surface area (Å²) in [6.07, 6.45) is -4.61. The largest absolute Gasteiger partial charge is 0.495 e. The summed E-state index contributed by atoms with van der Waals surface area (Å²) >= 11 is 0. The van der Waals surface area contributed by atoms with E-state index in [0.717, 1.165) is 11.4 Å². The van der Waals surface area contributed by atoms with Gasteiger partial charge in [0.25, 0.3) is 0 Å². The van der Waals surface area contributed by atoms with Gasteiger partial charge in [-0.25, -0.2) is 19.4 Å². The molecule has 0 aromatic heterocycles. The standard InChI is InChI=1S/C31H43F3N4O12/c32-31(33,34)30(43)50-49-28(41)8-14-45-16-18-47-20-22-48-21-19-46-17-15-44-13-7-27(40)38-11-9-37(10-12-38)24-3-1-23(2-4-24)35-25-5-6-26(39)36-29(25)42/h1-4,25,35H,5-22H2,(H,36,39,42). The van der Waals surface area contributed by atoms with Crippen molar-refractivity contribution >= 4 is 41.0 Å². The van der Waals surface area contributed by atoms with E-state index in [1.807, 2.05) is 29.2 Å². The van der Waals surface area contributed by atoms with Crippen molar-refractivity contribution in [1.29, 1.82) is 0 Å². The summed E-state index contributed by atoms with van der Waals surface area (Å²) in [7, 11) is 0. The maximum absolute atomic E-state index is 12.6. The summed E-state index contributed by atoms with van der Waals surface area (Å²) in [5, 5.41) is 5.51. The fourth-order valence-corrected chi connectivity index (χ4v) is 4.64. The van der Waals surface area contributed by atoms with Crippen LogP contribution in [0.25, 0.3) is 0 Å². The van der Waals surface area contributed by atoms with Gasteiger partial charge in [0.05, 0.1) is 78.9 Å². The minimum absolute atomic E-state index is 0.0356. The van der Waals surface area contributed by atoms with Gasteiger partial charge in [-0.2, -0.15) is 13.2 Å². The van der Waals surface area contributed by atoms with Crippen LogP contribution in [0, 0.1) is 0 Å². The minimum atomic E-state index is -5.26. The number of imide groups is 1. The van der Waals surface area contributed by atoms with E-state index in [1.165, 1.54) is 0 Å². The Bertz CT molecular complexity index is 1230. The van der Waals surface area contributed by atoms with Crippen LogP contribution in [0.15, 0.2) is 24.3 Å². The summed E-state index contributed by atoms with van der Waals surface area (Å²) in [6, 6.07) is 7.32. The number of carbonyl (C=O) groups excluding carboxylic acids is 5. The predicted molar refractivity (Wildman–Crippen MR) is 167 cm³/mol. The molecule has 0 aliphatic carbocycles. The Morgan fingerprint density at radius 1 is 0.740 bits per heavy atom. The molecule has 2 aliphatic heterocycles. The van der Waals surface area contributed by atoms with E-state index in [0.29, 0.717) is 78.7 Å². The monoisotopic (exact) mass is 720 g/mol. The highest BCUT2D eigenvalue weighted by atomic mass is 19.4. The molecule has 19 heteroatoms. The van der Waals surface area contributed by atoms with Crippen LogP contribution >= 0.6 is 0 Å². The first kappa shape index (κ1) is 40.4. The van der Waals surface area contributed by atoms with Crippen molar-refractivity contribution in [1.82, 2.24) is 10.2 Å². The van der Waals surface area contributed by atoms with Gasteiger partial charge in [-0.05, 0) is 30.7 Å². The number of piperazine rings is 1. The molecule has 1 aromatic carbocycles. The third-order valence-corrected chi connectivity index (χ3v) is 7.29. The number of carbonyl (C=O) groups is 5. The van der Waals surface area contributed by atoms with E-state index in [4.69, 9.17) is 23.7 Å². The number of ether oxygens (including phenoxy) is 5. The van der Waals surface area contributed by atoms with E-state index in [1.54, 1.807) is 0 Å². The van der Waals surface area contributed by atoms with Crippen molar-refractivity contribution in [2.24, 2.45) is 0 Å². The first-order valence-electron chi connectivity index (χ1n) is 16.1. The zero-order valence-electron chi connectivity index (χ0n) is 27.5. The van der Waals surface area contributed by atoms with E-state index in [2.05, 4.69) is 25.3 Å². The quantitative estimate of drug-likeness (QED) is 0.0794. The number of benzene rings is 1. The molecule has 3 amide bonds. The Labute approximate surface area is 286 Å². The van der Waals surface area contributed by atoms with Crippen LogP contribution in [0.4, 0.5) is 24.5 Å². The fraction of sp³-hybridized carbons (Fsp3) is 0.645. The number of hydrogen-bond acceptors (Lipinski definition) is 14. The SMILES string of the molecule is O=C1CCC(Nc2ccc(N3CCN(C(=O)CCOCCOCCOCCOCCOCCC(=O)OOC(=O)C(F)(F)F)CC3)cc2)C(=O)N1. The molecule has 3 rings (SSSR count). The summed E-state index contributed by atoms with van der Waals surface area (Å²) in [5.74, 6) is -4.34. The normalized spacial score (nSPS) is 16.6. The Hall–Kier alpha value is -4.04. The summed E-state index contributed by atoms with van der Waals surface area (Å²) in [5.41, 5.74) is 1.83. The topological polar surface area (TPSA) is 181 Å². The molecule has 0 radical (unpaired) electrons. The van der Waals surface area contributed by atoms with Crippen LogP contribution in [0.3, 0.4) is 0 Å². The van der Waals surface area contributed by atoms with Crippen molar-refractivity contribution in [2.45, 2.75) is 37.9 Å². The third kappa shape index (κ3) is 15.7. The van der Waals surface area contributed by atoms with Gasteiger partial charge in [0.1, 0.15) is 6.04 Å². The maximum atomic E-state index is 12.6. The van der Waals surface area contributed by atoms with E-state index < -0.39 is 30.6 Å². The fourth-order valence-electron chi connectivity index (χ4n) is 4.64. The molecule has 2 heterocycles. The number of amides is 3. The molecule has 2 N–H and O–H groups in total. The molecule has 1 unspecified atom stereocenters. The number of nitrogens with one attached hydrogen (secondary N) is 2. The number of hydrogen-bond donors (Lipinski definition) is 2. The molecule has 2 aliphatic rings. The maximum Gasteiger partial charge on any atom is 0.495 e. The molecule has 2 fully saturated rings. The van der Waals surface area contributed by atoms with Crippen molar-refractivity contribution in [3.05, 3.63) is 24.3 Å². The Balaban J connectivity index is 1.08. The molecule has 0 saturated carbocycles. The van der Waals surface area contributed by atoms with Gasteiger partial charge in [0.15, 0.2) is 0 Å². The number of nitrogens with zero attached hydrogens (tertiary/aromatic N) is 2. The summed E-state index contributed by atoms with van der Waals surface area (Å²) < 4.78 is 62.4. The second-order valence-electron chi connectivity index (χ2n) is 10.9. The Kier molecular flexibility index (Phi) is 17.7. The zero-order chi connectivity index (χ0) is 36.2. The van der Waals surface area contributed by atoms with Gasteiger partial charge in [0.2, 0.25) is 17.7 Å². The van der Waals surface area contributed by atoms with Crippen LogP contribution in [0.1, 0.15) is 25.7 Å². The van der Waals surface area contributed by atoms with Gasteiger partial charge in [-0.3, -0.25) is 19.7 Å². The van der Waals surface area contributed by atoms with E-state index in [-0.39, 0.29) is 50.6 Å². The lowest BCUT2D eigenvalue weighted by Crippen LogP contribution is -2.49.